The molecule has 1 rings (SSSR count). The van der Waals surface area contributed by atoms with Gasteiger partial charge in [-0.3, -0.25) is 4.79 Å². The summed E-state index contributed by atoms with van der Waals surface area (Å²) in [5.41, 5.74) is 4.48. The molecule has 0 aromatic carbocycles. The van der Waals surface area contributed by atoms with Crippen molar-refractivity contribution in [1.82, 2.24) is 5.32 Å². The predicted octanol–water partition coefficient (Wildman–Crippen LogP) is -0.136. The molecule has 0 spiro atoms. The maximum absolute atomic E-state index is 11.7. The monoisotopic (exact) mass is 244 g/mol. The number of nitrogens with two attached hydrogens (primary N) is 1. The van der Waals surface area contributed by atoms with Crippen LogP contribution in [0.5, 0.6) is 0 Å². The van der Waals surface area contributed by atoms with Crippen LogP contribution in [-0.4, -0.2) is 41.8 Å². The van der Waals surface area contributed by atoms with Crippen molar-refractivity contribution in [2.75, 3.05) is 13.2 Å². The second kappa shape index (κ2) is 5.97. The molecular formula is C11H20N2O4. The van der Waals surface area contributed by atoms with Crippen molar-refractivity contribution in [3.8, 4) is 0 Å². The van der Waals surface area contributed by atoms with Gasteiger partial charge in [-0.2, -0.15) is 0 Å². The molecule has 1 amide bonds. The lowest BCUT2D eigenvalue weighted by Gasteiger charge is -2.24. The van der Waals surface area contributed by atoms with Crippen LogP contribution in [0.15, 0.2) is 0 Å². The van der Waals surface area contributed by atoms with Gasteiger partial charge in [-0.15, -0.1) is 0 Å². The van der Waals surface area contributed by atoms with Crippen LogP contribution in [0.25, 0.3) is 0 Å². The Hall–Kier alpha value is -1.14. The van der Waals surface area contributed by atoms with Crippen LogP contribution < -0.4 is 11.1 Å². The summed E-state index contributed by atoms with van der Waals surface area (Å²) in [6.45, 7) is 2.37. The molecular weight excluding hydrogens is 224 g/mol. The van der Waals surface area contributed by atoms with Crippen molar-refractivity contribution in [3.05, 3.63) is 0 Å². The van der Waals surface area contributed by atoms with E-state index in [0.717, 1.165) is 12.8 Å². The van der Waals surface area contributed by atoms with E-state index in [-0.39, 0.29) is 25.0 Å². The Morgan fingerprint density at radius 1 is 1.59 bits per heavy atom. The molecule has 1 heterocycles. The zero-order chi connectivity index (χ0) is 12.9. The molecule has 1 saturated heterocycles. The topological polar surface area (TPSA) is 102 Å². The van der Waals surface area contributed by atoms with Gasteiger partial charge in [0.05, 0.1) is 6.61 Å². The number of ether oxygens (including phenoxy) is 1. The summed E-state index contributed by atoms with van der Waals surface area (Å²) in [6, 6.07) is -0.215. The first-order chi connectivity index (χ1) is 8.00. The highest BCUT2D eigenvalue weighted by atomic mass is 16.5. The third-order valence-electron chi connectivity index (χ3n) is 2.92. The van der Waals surface area contributed by atoms with E-state index in [1.54, 1.807) is 0 Å². The average Bonchev–Trinajstić information content (AvgIpc) is 2.67. The van der Waals surface area contributed by atoms with Crippen LogP contribution in [-0.2, 0) is 14.3 Å². The van der Waals surface area contributed by atoms with Crippen molar-refractivity contribution in [2.24, 2.45) is 5.73 Å². The van der Waals surface area contributed by atoms with Crippen molar-refractivity contribution in [2.45, 2.75) is 44.2 Å². The van der Waals surface area contributed by atoms with E-state index >= 15 is 0 Å². The number of aliphatic carboxylic acids is 1. The second-order valence-corrected chi connectivity index (χ2v) is 4.49. The Labute approximate surface area is 101 Å². The Bertz CT molecular complexity index is 287. The molecule has 17 heavy (non-hydrogen) atoms. The van der Waals surface area contributed by atoms with E-state index in [0.29, 0.717) is 13.0 Å². The number of carboxylic acids is 1. The molecule has 0 radical (unpaired) electrons. The van der Waals surface area contributed by atoms with Gasteiger partial charge < -0.3 is 20.9 Å². The van der Waals surface area contributed by atoms with Crippen LogP contribution >= 0.6 is 0 Å². The van der Waals surface area contributed by atoms with Crippen molar-refractivity contribution in [3.63, 3.8) is 0 Å². The Balaban J connectivity index is 2.51. The average molecular weight is 244 g/mol. The Kier molecular flexibility index (Phi) is 4.89. The minimum absolute atomic E-state index is 0.0249. The van der Waals surface area contributed by atoms with Crippen LogP contribution in [0.1, 0.15) is 32.6 Å². The molecule has 0 aromatic rings. The summed E-state index contributed by atoms with van der Waals surface area (Å²) in [5, 5.41) is 11.7. The first kappa shape index (κ1) is 13.9. The summed E-state index contributed by atoms with van der Waals surface area (Å²) in [7, 11) is 0. The van der Waals surface area contributed by atoms with E-state index in [9.17, 15) is 9.59 Å². The van der Waals surface area contributed by atoms with Gasteiger partial charge in [0.1, 0.15) is 0 Å². The molecule has 1 aliphatic rings. The molecule has 6 nitrogen and oxygen atoms in total. The van der Waals surface area contributed by atoms with E-state index in [4.69, 9.17) is 15.6 Å². The van der Waals surface area contributed by atoms with Gasteiger partial charge in [0.15, 0.2) is 5.54 Å². The third kappa shape index (κ3) is 3.67. The zero-order valence-electron chi connectivity index (χ0n) is 10.1. The molecule has 2 atom stereocenters. The minimum Gasteiger partial charge on any atom is -0.479 e. The number of carbonyl (C=O) groups is 2. The molecule has 2 unspecified atom stereocenters. The smallest absolute Gasteiger partial charge is 0.331 e. The number of nitrogens with one attached hydrogen (secondary N) is 1. The summed E-state index contributed by atoms with van der Waals surface area (Å²) in [5.74, 6) is -1.37. The first-order valence-electron chi connectivity index (χ1n) is 5.88. The summed E-state index contributed by atoms with van der Waals surface area (Å²) in [6.07, 6.45) is 2.12. The van der Waals surface area contributed by atoms with Gasteiger partial charge in [0, 0.05) is 25.5 Å². The van der Waals surface area contributed by atoms with E-state index in [1.165, 1.54) is 0 Å². The summed E-state index contributed by atoms with van der Waals surface area (Å²) < 4.78 is 5.05. The van der Waals surface area contributed by atoms with Gasteiger partial charge in [0.25, 0.3) is 0 Å². The molecule has 6 heteroatoms. The van der Waals surface area contributed by atoms with Crippen molar-refractivity contribution in [1.29, 1.82) is 0 Å². The standard InChI is InChI=1S/C11H20N2O4/c1-2-3-8(12)6-9(14)13-11(10(15)16)4-5-17-7-11/h8H,2-7,12H2,1H3,(H,13,14)(H,15,16). The molecule has 0 saturated carbocycles. The third-order valence-corrected chi connectivity index (χ3v) is 2.92. The minimum atomic E-state index is -1.26. The summed E-state index contributed by atoms with van der Waals surface area (Å²) >= 11 is 0. The molecule has 98 valence electrons. The lowest BCUT2D eigenvalue weighted by molar-refractivity contribution is -0.147. The van der Waals surface area contributed by atoms with Crippen molar-refractivity contribution >= 4 is 11.9 Å². The Morgan fingerprint density at radius 3 is 2.76 bits per heavy atom. The molecule has 1 aliphatic heterocycles. The second-order valence-electron chi connectivity index (χ2n) is 4.49. The number of hydrogen-bond donors (Lipinski definition) is 3. The molecule has 0 aliphatic carbocycles. The van der Waals surface area contributed by atoms with Gasteiger partial charge in [-0.1, -0.05) is 13.3 Å². The number of carboxylic acid groups (broad SMARTS) is 1. The zero-order valence-corrected chi connectivity index (χ0v) is 10.1. The van der Waals surface area contributed by atoms with Crippen LogP contribution in [0.3, 0.4) is 0 Å². The van der Waals surface area contributed by atoms with Gasteiger partial charge in [0.2, 0.25) is 5.91 Å². The molecule has 0 bridgehead atoms. The fourth-order valence-electron chi connectivity index (χ4n) is 1.91. The number of rotatable bonds is 6. The van der Waals surface area contributed by atoms with Crippen LogP contribution in [0.4, 0.5) is 0 Å². The molecule has 0 aromatic heterocycles. The maximum atomic E-state index is 11.7. The van der Waals surface area contributed by atoms with E-state index in [2.05, 4.69) is 5.32 Å². The summed E-state index contributed by atoms with van der Waals surface area (Å²) in [4.78, 5) is 22.8. The van der Waals surface area contributed by atoms with Crippen LogP contribution in [0, 0.1) is 0 Å². The van der Waals surface area contributed by atoms with Gasteiger partial charge in [-0.05, 0) is 6.42 Å². The number of carbonyl (C=O) groups excluding carboxylic acids is 1. The molecule has 4 N–H and O–H groups in total. The van der Waals surface area contributed by atoms with E-state index in [1.807, 2.05) is 6.92 Å². The maximum Gasteiger partial charge on any atom is 0.331 e. The largest absolute Gasteiger partial charge is 0.479 e. The molecule has 1 fully saturated rings. The SMILES string of the molecule is CCCC(N)CC(=O)NC1(C(=O)O)CCOC1. The Morgan fingerprint density at radius 2 is 2.29 bits per heavy atom. The van der Waals surface area contributed by atoms with E-state index < -0.39 is 11.5 Å². The van der Waals surface area contributed by atoms with Gasteiger partial charge in [-0.25, -0.2) is 4.79 Å². The highest BCUT2D eigenvalue weighted by molar-refractivity contribution is 5.87. The predicted molar refractivity (Wildman–Crippen MR) is 61.4 cm³/mol. The highest BCUT2D eigenvalue weighted by Crippen LogP contribution is 2.19. The fraction of sp³-hybridized carbons (Fsp3) is 0.818. The van der Waals surface area contributed by atoms with Crippen molar-refractivity contribution < 1.29 is 19.4 Å². The quantitative estimate of drug-likeness (QED) is 0.604. The highest BCUT2D eigenvalue weighted by Gasteiger charge is 2.43. The lowest BCUT2D eigenvalue weighted by atomic mass is 9.98. The lowest BCUT2D eigenvalue weighted by Crippen LogP contribution is -2.55. The van der Waals surface area contributed by atoms with Crippen LogP contribution in [0.2, 0.25) is 0 Å². The first-order valence-corrected chi connectivity index (χ1v) is 5.88. The van der Waals surface area contributed by atoms with Gasteiger partial charge >= 0.3 is 5.97 Å². The fourth-order valence-corrected chi connectivity index (χ4v) is 1.91. The normalized spacial score (nSPS) is 25.5. The number of amides is 1. The number of hydrogen-bond acceptors (Lipinski definition) is 4.